The molecule has 2 heterocycles. The SMILES string of the molecule is CC1(C)Nc2ccc(OC(=O)c3ccc(Br)cc3)cc2-c2c1ssc2=S. The van der Waals surface area contributed by atoms with E-state index >= 15 is 0 Å². The topological polar surface area (TPSA) is 38.3 Å². The molecule has 26 heavy (non-hydrogen) atoms. The lowest BCUT2D eigenvalue weighted by atomic mass is 9.90. The molecule has 1 N–H and O–H groups in total. The molecular weight excluding hydrogens is 450 g/mol. The van der Waals surface area contributed by atoms with Gasteiger partial charge in [0.15, 0.2) is 0 Å². The third-order valence-electron chi connectivity index (χ3n) is 4.20. The Bertz CT molecular complexity index is 1070. The van der Waals surface area contributed by atoms with Crippen molar-refractivity contribution in [2.24, 2.45) is 0 Å². The van der Waals surface area contributed by atoms with Crippen molar-refractivity contribution in [3.05, 3.63) is 61.2 Å². The minimum absolute atomic E-state index is 0.170. The average Bonchev–Trinajstić information content (AvgIpc) is 2.99. The molecule has 2 aromatic carbocycles. The zero-order chi connectivity index (χ0) is 18.5. The molecule has 0 saturated carbocycles. The number of hydrogen-bond acceptors (Lipinski definition) is 6. The third kappa shape index (κ3) is 3.13. The van der Waals surface area contributed by atoms with Crippen LogP contribution in [0.25, 0.3) is 11.1 Å². The number of hydrogen-bond donors (Lipinski definition) is 1. The maximum Gasteiger partial charge on any atom is 0.343 e. The molecule has 7 heteroatoms. The van der Waals surface area contributed by atoms with E-state index in [0.29, 0.717) is 11.3 Å². The zero-order valence-electron chi connectivity index (χ0n) is 14.0. The summed E-state index contributed by atoms with van der Waals surface area (Å²) in [7, 11) is 3.31. The number of carbonyl (C=O) groups is 1. The number of rotatable bonds is 2. The summed E-state index contributed by atoms with van der Waals surface area (Å²) in [6.07, 6.45) is 0. The second-order valence-electron chi connectivity index (χ2n) is 6.51. The Morgan fingerprint density at radius 3 is 2.62 bits per heavy atom. The molecule has 1 aliphatic rings. The molecule has 0 fully saturated rings. The number of esters is 1. The maximum atomic E-state index is 12.4. The number of fused-ring (bicyclic) bond motifs is 3. The molecule has 0 unspecified atom stereocenters. The standard InChI is InChI=1S/C19H14BrNO2S3/c1-19(2)16-15(18(24)26-25-16)13-9-12(7-8-14(13)21-19)23-17(22)10-3-5-11(20)6-4-10/h3-9,21H,1-2H3. The summed E-state index contributed by atoms with van der Waals surface area (Å²) in [6.45, 7) is 4.29. The van der Waals surface area contributed by atoms with Crippen molar-refractivity contribution in [2.75, 3.05) is 5.32 Å². The van der Waals surface area contributed by atoms with Gasteiger partial charge in [0.25, 0.3) is 0 Å². The van der Waals surface area contributed by atoms with E-state index in [1.165, 1.54) is 4.88 Å². The lowest BCUT2D eigenvalue weighted by Gasteiger charge is -2.33. The molecule has 3 nitrogen and oxygen atoms in total. The van der Waals surface area contributed by atoms with Crippen molar-refractivity contribution in [2.45, 2.75) is 19.4 Å². The van der Waals surface area contributed by atoms with Gasteiger partial charge >= 0.3 is 5.97 Å². The minimum atomic E-state index is -0.381. The molecule has 4 rings (SSSR count). The highest BCUT2D eigenvalue weighted by Gasteiger charge is 2.33. The highest BCUT2D eigenvalue weighted by molar-refractivity contribution is 9.10. The van der Waals surface area contributed by atoms with Crippen LogP contribution in [-0.2, 0) is 5.54 Å². The van der Waals surface area contributed by atoms with Gasteiger partial charge in [-0.15, -0.1) is 0 Å². The first-order chi connectivity index (χ1) is 12.3. The van der Waals surface area contributed by atoms with Crippen LogP contribution >= 0.6 is 48.8 Å². The zero-order valence-corrected chi connectivity index (χ0v) is 18.0. The van der Waals surface area contributed by atoms with Crippen LogP contribution < -0.4 is 10.1 Å². The monoisotopic (exact) mass is 463 g/mol. The molecule has 0 radical (unpaired) electrons. The Balaban J connectivity index is 1.70. The van der Waals surface area contributed by atoms with Gasteiger partial charge in [0.2, 0.25) is 0 Å². The van der Waals surface area contributed by atoms with Crippen LogP contribution in [0, 0.1) is 3.82 Å². The minimum Gasteiger partial charge on any atom is -0.423 e. The van der Waals surface area contributed by atoms with Crippen LogP contribution in [0.3, 0.4) is 0 Å². The second-order valence-corrected chi connectivity index (χ2v) is 10.2. The number of nitrogens with one attached hydrogen (secondary N) is 1. The fourth-order valence-electron chi connectivity index (χ4n) is 2.95. The van der Waals surface area contributed by atoms with E-state index in [4.69, 9.17) is 17.0 Å². The van der Waals surface area contributed by atoms with Crippen LogP contribution in [0.1, 0.15) is 29.1 Å². The molecular formula is C19H14BrNO2S3. The predicted molar refractivity (Wildman–Crippen MR) is 114 cm³/mol. The van der Waals surface area contributed by atoms with Crippen LogP contribution in [0.4, 0.5) is 5.69 Å². The lowest BCUT2D eigenvalue weighted by Crippen LogP contribution is -2.30. The van der Waals surface area contributed by atoms with Gasteiger partial charge in [-0.25, -0.2) is 4.79 Å². The van der Waals surface area contributed by atoms with E-state index in [1.807, 2.05) is 30.3 Å². The van der Waals surface area contributed by atoms with Crippen molar-refractivity contribution in [1.82, 2.24) is 0 Å². The molecule has 0 bridgehead atoms. The molecule has 0 spiro atoms. The molecule has 0 atom stereocenters. The van der Waals surface area contributed by atoms with Gasteiger partial charge in [0.05, 0.1) is 16.0 Å². The van der Waals surface area contributed by atoms with E-state index < -0.39 is 0 Å². The van der Waals surface area contributed by atoms with Crippen molar-refractivity contribution in [1.29, 1.82) is 0 Å². The summed E-state index contributed by atoms with van der Waals surface area (Å²) < 4.78 is 7.37. The Morgan fingerprint density at radius 1 is 1.15 bits per heavy atom. The molecule has 0 saturated heterocycles. The van der Waals surface area contributed by atoms with Gasteiger partial charge in [-0.1, -0.05) is 48.8 Å². The van der Waals surface area contributed by atoms with Gasteiger partial charge in [-0.3, -0.25) is 0 Å². The third-order valence-corrected chi connectivity index (χ3v) is 8.07. The summed E-state index contributed by atoms with van der Waals surface area (Å²) >= 11 is 8.92. The van der Waals surface area contributed by atoms with Crippen LogP contribution in [-0.4, -0.2) is 5.97 Å². The molecule has 0 aliphatic carbocycles. The Kier molecular flexibility index (Phi) is 4.51. The number of halogens is 1. The molecule has 1 aromatic heterocycles. The van der Waals surface area contributed by atoms with E-state index in [2.05, 4.69) is 35.1 Å². The van der Waals surface area contributed by atoms with Crippen molar-refractivity contribution in [3.63, 3.8) is 0 Å². The van der Waals surface area contributed by atoms with Crippen molar-refractivity contribution in [3.8, 4) is 16.9 Å². The number of ether oxygens (including phenoxy) is 1. The average molecular weight is 464 g/mol. The van der Waals surface area contributed by atoms with E-state index in [1.54, 1.807) is 32.8 Å². The molecule has 1 aliphatic heterocycles. The molecule has 0 amide bonds. The number of carbonyl (C=O) groups excluding carboxylic acids is 1. The summed E-state index contributed by atoms with van der Waals surface area (Å²) in [5, 5.41) is 3.55. The van der Waals surface area contributed by atoms with Gasteiger partial charge in [0, 0.05) is 21.3 Å². The van der Waals surface area contributed by atoms with Crippen LogP contribution in [0.2, 0.25) is 0 Å². The largest absolute Gasteiger partial charge is 0.423 e. The van der Waals surface area contributed by atoms with Gasteiger partial charge < -0.3 is 10.1 Å². The highest BCUT2D eigenvalue weighted by Crippen LogP contribution is 2.49. The first-order valence-electron chi connectivity index (χ1n) is 7.89. The van der Waals surface area contributed by atoms with Crippen LogP contribution in [0.15, 0.2) is 46.9 Å². The smallest absolute Gasteiger partial charge is 0.343 e. The highest BCUT2D eigenvalue weighted by atomic mass is 79.9. The van der Waals surface area contributed by atoms with Crippen molar-refractivity contribution >= 4 is 60.5 Å². The van der Waals surface area contributed by atoms with Crippen LogP contribution in [0.5, 0.6) is 5.75 Å². The second kappa shape index (κ2) is 6.56. The quantitative estimate of drug-likeness (QED) is 0.195. The Morgan fingerprint density at radius 2 is 1.88 bits per heavy atom. The van der Waals surface area contributed by atoms with Gasteiger partial charge in [-0.2, -0.15) is 0 Å². The van der Waals surface area contributed by atoms with E-state index in [9.17, 15) is 4.79 Å². The maximum absolute atomic E-state index is 12.4. The lowest BCUT2D eigenvalue weighted by molar-refractivity contribution is 0.0735. The number of anilines is 1. The molecule has 3 aromatic rings. The summed E-state index contributed by atoms with van der Waals surface area (Å²) in [5.74, 6) is 0.128. The fourth-order valence-corrected chi connectivity index (χ4v) is 6.48. The molecule has 132 valence electrons. The number of benzene rings is 2. The van der Waals surface area contributed by atoms with E-state index in [-0.39, 0.29) is 11.5 Å². The summed E-state index contributed by atoms with van der Waals surface area (Å²) in [6, 6.07) is 12.7. The first kappa shape index (κ1) is 17.9. The van der Waals surface area contributed by atoms with E-state index in [0.717, 1.165) is 25.1 Å². The summed E-state index contributed by atoms with van der Waals surface area (Å²) in [5.41, 5.74) is 3.41. The Hall–Kier alpha value is -1.54. The Labute approximate surface area is 172 Å². The van der Waals surface area contributed by atoms with Crippen molar-refractivity contribution < 1.29 is 9.53 Å². The van der Waals surface area contributed by atoms with Gasteiger partial charge in [-0.05, 0) is 56.3 Å². The predicted octanol–water partition coefficient (Wildman–Crippen LogP) is 6.85. The summed E-state index contributed by atoms with van der Waals surface area (Å²) in [4.78, 5) is 13.6. The first-order valence-corrected chi connectivity index (χ1v) is 11.2. The van der Waals surface area contributed by atoms with Gasteiger partial charge in [0.1, 0.15) is 9.57 Å². The fraction of sp³-hybridized carbons (Fsp3) is 0.158. The normalized spacial score (nSPS) is 14.1.